The van der Waals surface area contributed by atoms with Crippen molar-refractivity contribution in [2.24, 2.45) is 0 Å². The monoisotopic (exact) mass is 422 g/mol. The summed E-state index contributed by atoms with van der Waals surface area (Å²) in [5.41, 5.74) is -0.628. The van der Waals surface area contributed by atoms with Crippen molar-refractivity contribution in [2.45, 2.75) is 31.3 Å². The van der Waals surface area contributed by atoms with Gasteiger partial charge in [-0.15, -0.1) is 0 Å². The second kappa shape index (κ2) is 8.27. The molecular weight excluding hydrogens is 396 g/mol. The third kappa shape index (κ3) is 4.69. The van der Waals surface area contributed by atoms with E-state index in [1.807, 2.05) is 0 Å². The van der Waals surface area contributed by atoms with E-state index < -0.39 is 21.5 Å². The number of rotatable bonds is 6. The molecule has 1 aromatic carbocycles. The Kier molecular flexibility index (Phi) is 6.13. The van der Waals surface area contributed by atoms with E-state index in [4.69, 9.17) is 9.15 Å². The molecule has 8 nitrogen and oxygen atoms in total. The molecule has 3 rings (SSSR count). The Balaban J connectivity index is 1.77. The van der Waals surface area contributed by atoms with Gasteiger partial charge in [-0.25, -0.2) is 8.42 Å². The third-order valence-electron chi connectivity index (χ3n) is 4.90. The van der Waals surface area contributed by atoms with E-state index in [9.17, 15) is 18.3 Å². The molecule has 1 saturated heterocycles. The van der Waals surface area contributed by atoms with E-state index in [-0.39, 0.29) is 30.1 Å². The van der Waals surface area contributed by atoms with E-state index in [1.54, 1.807) is 38.1 Å². The second-order valence-corrected chi connectivity index (χ2v) is 9.27. The van der Waals surface area contributed by atoms with Crippen LogP contribution in [0.5, 0.6) is 0 Å². The Morgan fingerprint density at radius 3 is 2.52 bits per heavy atom. The van der Waals surface area contributed by atoms with Crippen LogP contribution in [0.4, 0.5) is 0 Å². The van der Waals surface area contributed by atoms with E-state index in [1.165, 1.54) is 17.3 Å². The molecule has 0 spiro atoms. The standard InChI is InChI=1S/C20H26N2O6S/c1-14-4-6-16(12-17(14)29(25,26)22-8-10-27-11-9-22)19(23)21-13-20(3,24)18-7-5-15(2)28-18/h4-7,12,24H,8-11,13H2,1-3H3,(H,21,23)/t20-/m1/s1. The number of furan rings is 1. The fourth-order valence-corrected chi connectivity index (χ4v) is 4.77. The lowest BCUT2D eigenvalue weighted by Crippen LogP contribution is -2.41. The highest BCUT2D eigenvalue weighted by Gasteiger charge is 2.30. The van der Waals surface area contributed by atoms with Crippen LogP contribution < -0.4 is 5.32 Å². The van der Waals surface area contributed by atoms with Crippen molar-refractivity contribution < 1.29 is 27.5 Å². The Bertz CT molecular complexity index is 990. The molecule has 0 bridgehead atoms. The van der Waals surface area contributed by atoms with E-state index in [0.29, 0.717) is 30.3 Å². The van der Waals surface area contributed by atoms with Crippen LogP contribution in [0, 0.1) is 13.8 Å². The summed E-state index contributed by atoms with van der Waals surface area (Å²) in [6.07, 6.45) is 0. The van der Waals surface area contributed by atoms with Gasteiger partial charge in [0.15, 0.2) is 0 Å². The predicted octanol–water partition coefficient (Wildman–Crippen LogP) is 1.55. The first kappa shape index (κ1) is 21.5. The van der Waals surface area contributed by atoms with Gasteiger partial charge in [-0.05, 0) is 50.6 Å². The summed E-state index contributed by atoms with van der Waals surface area (Å²) in [4.78, 5) is 12.7. The molecular formula is C20H26N2O6S. The topological polar surface area (TPSA) is 109 Å². The zero-order chi connectivity index (χ0) is 21.2. The fraction of sp³-hybridized carbons (Fsp3) is 0.450. The number of amides is 1. The summed E-state index contributed by atoms with van der Waals surface area (Å²) in [7, 11) is -3.72. The van der Waals surface area contributed by atoms with Gasteiger partial charge in [-0.3, -0.25) is 4.79 Å². The number of ether oxygens (including phenoxy) is 1. The number of benzene rings is 1. The molecule has 0 saturated carbocycles. The number of aryl methyl sites for hydroxylation is 2. The first-order chi connectivity index (χ1) is 13.6. The fourth-order valence-electron chi connectivity index (χ4n) is 3.11. The van der Waals surface area contributed by atoms with Gasteiger partial charge >= 0.3 is 0 Å². The number of aliphatic hydroxyl groups is 1. The largest absolute Gasteiger partial charge is 0.463 e. The lowest BCUT2D eigenvalue weighted by Gasteiger charge is -2.27. The van der Waals surface area contributed by atoms with Gasteiger partial charge in [0, 0.05) is 18.7 Å². The molecule has 9 heteroatoms. The van der Waals surface area contributed by atoms with E-state index >= 15 is 0 Å². The van der Waals surface area contributed by atoms with Crippen molar-refractivity contribution >= 4 is 15.9 Å². The minimum Gasteiger partial charge on any atom is -0.463 e. The van der Waals surface area contributed by atoms with Crippen LogP contribution in [-0.2, 0) is 20.4 Å². The molecule has 2 N–H and O–H groups in total. The van der Waals surface area contributed by atoms with Crippen molar-refractivity contribution in [3.05, 3.63) is 53.0 Å². The molecule has 1 fully saturated rings. The van der Waals surface area contributed by atoms with Gasteiger partial charge in [0.25, 0.3) is 5.91 Å². The average Bonchev–Trinajstić information content (AvgIpc) is 3.14. The molecule has 0 aliphatic carbocycles. The number of nitrogens with zero attached hydrogens (tertiary/aromatic N) is 1. The molecule has 29 heavy (non-hydrogen) atoms. The van der Waals surface area contributed by atoms with Crippen LogP contribution in [-0.4, -0.2) is 56.6 Å². The molecule has 1 aromatic heterocycles. The molecule has 158 valence electrons. The van der Waals surface area contributed by atoms with Crippen molar-refractivity contribution in [1.29, 1.82) is 0 Å². The van der Waals surface area contributed by atoms with Crippen LogP contribution in [0.25, 0.3) is 0 Å². The molecule has 2 aromatic rings. The molecule has 1 amide bonds. The third-order valence-corrected chi connectivity index (χ3v) is 6.94. The Labute approximate surface area is 170 Å². The Morgan fingerprint density at radius 1 is 1.21 bits per heavy atom. The maximum absolute atomic E-state index is 13.0. The highest BCUT2D eigenvalue weighted by atomic mass is 32.2. The molecule has 1 atom stereocenters. The van der Waals surface area contributed by atoms with Gasteiger partial charge in [0.2, 0.25) is 10.0 Å². The van der Waals surface area contributed by atoms with Crippen LogP contribution in [0.3, 0.4) is 0 Å². The van der Waals surface area contributed by atoms with Gasteiger partial charge in [0.05, 0.1) is 24.7 Å². The molecule has 0 radical (unpaired) electrons. The minimum atomic E-state index is -3.72. The number of nitrogens with one attached hydrogen (secondary N) is 1. The molecule has 2 heterocycles. The first-order valence-corrected chi connectivity index (χ1v) is 10.8. The van der Waals surface area contributed by atoms with Crippen LogP contribution in [0.15, 0.2) is 39.6 Å². The summed E-state index contributed by atoms with van der Waals surface area (Å²) >= 11 is 0. The number of hydrogen-bond acceptors (Lipinski definition) is 6. The van der Waals surface area contributed by atoms with E-state index in [2.05, 4.69) is 5.32 Å². The van der Waals surface area contributed by atoms with Gasteiger partial charge in [0.1, 0.15) is 17.1 Å². The predicted molar refractivity (Wildman–Crippen MR) is 106 cm³/mol. The normalized spacial score (nSPS) is 17.7. The summed E-state index contributed by atoms with van der Waals surface area (Å²) in [6, 6.07) is 7.93. The smallest absolute Gasteiger partial charge is 0.251 e. The average molecular weight is 423 g/mol. The molecule has 1 aliphatic heterocycles. The summed E-state index contributed by atoms with van der Waals surface area (Å²) in [5.74, 6) is 0.518. The molecule has 0 unspecified atom stereocenters. The summed E-state index contributed by atoms with van der Waals surface area (Å²) in [6.45, 7) is 6.17. The van der Waals surface area contributed by atoms with Crippen molar-refractivity contribution in [3.63, 3.8) is 0 Å². The zero-order valence-electron chi connectivity index (χ0n) is 16.8. The Morgan fingerprint density at radius 2 is 1.90 bits per heavy atom. The SMILES string of the molecule is Cc1ccc([C@](C)(O)CNC(=O)c2ccc(C)c(S(=O)(=O)N3CCOCC3)c2)o1. The van der Waals surface area contributed by atoms with Crippen molar-refractivity contribution in [2.75, 3.05) is 32.8 Å². The molecule has 1 aliphatic rings. The zero-order valence-corrected chi connectivity index (χ0v) is 17.6. The van der Waals surface area contributed by atoms with Crippen molar-refractivity contribution in [1.82, 2.24) is 9.62 Å². The Hall–Kier alpha value is -2.20. The quantitative estimate of drug-likeness (QED) is 0.731. The lowest BCUT2D eigenvalue weighted by atomic mass is 10.0. The maximum atomic E-state index is 13.0. The number of morpholine rings is 1. The maximum Gasteiger partial charge on any atom is 0.251 e. The summed E-state index contributed by atoms with van der Waals surface area (Å²) < 4.78 is 38.0. The van der Waals surface area contributed by atoms with Gasteiger partial charge < -0.3 is 19.6 Å². The highest BCUT2D eigenvalue weighted by Crippen LogP contribution is 2.24. The van der Waals surface area contributed by atoms with Crippen LogP contribution >= 0.6 is 0 Å². The number of carbonyl (C=O) groups excluding carboxylic acids is 1. The van der Waals surface area contributed by atoms with Crippen LogP contribution in [0.1, 0.15) is 34.4 Å². The van der Waals surface area contributed by atoms with Gasteiger partial charge in [-0.2, -0.15) is 4.31 Å². The lowest BCUT2D eigenvalue weighted by molar-refractivity contribution is 0.0323. The van der Waals surface area contributed by atoms with Crippen LogP contribution in [0.2, 0.25) is 0 Å². The number of carbonyl (C=O) groups is 1. The highest BCUT2D eigenvalue weighted by molar-refractivity contribution is 7.89. The summed E-state index contributed by atoms with van der Waals surface area (Å²) in [5, 5.41) is 13.2. The number of hydrogen-bond donors (Lipinski definition) is 2. The number of sulfonamides is 1. The van der Waals surface area contributed by atoms with Gasteiger partial charge in [-0.1, -0.05) is 6.07 Å². The van der Waals surface area contributed by atoms with Crippen molar-refractivity contribution in [3.8, 4) is 0 Å². The van der Waals surface area contributed by atoms with E-state index in [0.717, 1.165) is 0 Å². The minimum absolute atomic E-state index is 0.0851. The second-order valence-electron chi connectivity index (χ2n) is 7.36. The first-order valence-electron chi connectivity index (χ1n) is 9.37.